The van der Waals surface area contributed by atoms with Crippen LogP contribution >= 0.6 is 0 Å². The van der Waals surface area contributed by atoms with Gasteiger partial charge in [0.15, 0.2) is 0 Å². The van der Waals surface area contributed by atoms with E-state index in [0.29, 0.717) is 6.04 Å². The molecule has 0 amide bonds. The molecule has 2 aromatic rings. The molecule has 2 rings (SSSR count). The molecular weight excluding hydrogens is 212 g/mol. The Hall–Kier alpha value is -1.48. The van der Waals surface area contributed by atoms with Gasteiger partial charge in [-0.1, -0.05) is 13.0 Å². The van der Waals surface area contributed by atoms with Crippen LogP contribution in [-0.4, -0.2) is 24.8 Å². The molecule has 0 saturated heterocycles. The Kier molecular flexibility index (Phi) is 3.69. The third kappa shape index (κ3) is 2.29. The molecule has 1 aromatic heterocycles. The van der Waals surface area contributed by atoms with Crippen molar-refractivity contribution in [3.05, 3.63) is 30.5 Å². The molecule has 3 heteroatoms. The molecule has 0 saturated carbocycles. The van der Waals surface area contributed by atoms with Gasteiger partial charge in [0.1, 0.15) is 5.75 Å². The van der Waals surface area contributed by atoms with Crippen LogP contribution in [0, 0.1) is 0 Å². The molecular formula is C14H20N2O. The topological polar surface area (TPSA) is 26.2 Å². The van der Waals surface area contributed by atoms with Crippen molar-refractivity contribution in [1.29, 1.82) is 0 Å². The van der Waals surface area contributed by atoms with Crippen LogP contribution in [0.2, 0.25) is 0 Å². The number of nitrogens with one attached hydrogen (secondary N) is 1. The van der Waals surface area contributed by atoms with Gasteiger partial charge in [0, 0.05) is 24.2 Å². The quantitative estimate of drug-likeness (QED) is 0.858. The van der Waals surface area contributed by atoms with Crippen LogP contribution in [0.15, 0.2) is 30.5 Å². The molecule has 0 radical (unpaired) electrons. The number of likely N-dealkylation sites (N-methyl/N-ethyl adjacent to an activating group) is 1. The van der Waals surface area contributed by atoms with Crippen molar-refractivity contribution in [2.45, 2.75) is 19.9 Å². The molecule has 0 bridgehead atoms. The van der Waals surface area contributed by atoms with Crippen molar-refractivity contribution in [3.63, 3.8) is 0 Å². The summed E-state index contributed by atoms with van der Waals surface area (Å²) in [6, 6.07) is 8.75. The van der Waals surface area contributed by atoms with Gasteiger partial charge in [-0.3, -0.25) is 0 Å². The highest BCUT2D eigenvalue weighted by Crippen LogP contribution is 2.28. The monoisotopic (exact) mass is 232 g/mol. The second-order valence-electron chi connectivity index (χ2n) is 4.27. The minimum absolute atomic E-state index is 0.444. The number of nitrogens with zero attached hydrogens (tertiary/aromatic N) is 1. The summed E-state index contributed by atoms with van der Waals surface area (Å²) in [6.45, 7) is 6.34. The maximum atomic E-state index is 5.37. The van der Waals surface area contributed by atoms with Crippen LogP contribution < -0.4 is 10.1 Å². The van der Waals surface area contributed by atoms with E-state index in [2.05, 4.69) is 42.1 Å². The van der Waals surface area contributed by atoms with Crippen LogP contribution in [0.5, 0.6) is 5.75 Å². The van der Waals surface area contributed by atoms with Crippen molar-refractivity contribution in [3.8, 4) is 5.75 Å². The maximum absolute atomic E-state index is 5.37. The predicted molar refractivity (Wildman–Crippen MR) is 71.7 cm³/mol. The second-order valence-corrected chi connectivity index (χ2v) is 4.27. The fourth-order valence-electron chi connectivity index (χ4n) is 2.17. The van der Waals surface area contributed by atoms with Crippen molar-refractivity contribution < 1.29 is 4.74 Å². The van der Waals surface area contributed by atoms with E-state index in [4.69, 9.17) is 4.74 Å². The first-order chi connectivity index (χ1) is 8.27. The van der Waals surface area contributed by atoms with E-state index in [1.54, 1.807) is 7.11 Å². The lowest BCUT2D eigenvalue weighted by molar-refractivity contribution is 0.419. The summed E-state index contributed by atoms with van der Waals surface area (Å²) in [5.74, 6) is 0.942. The van der Waals surface area contributed by atoms with Crippen LogP contribution in [-0.2, 0) is 0 Å². The first kappa shape index (κ1) is 12.0. The number of ether oxygens (including phenoxy) is 1. The normalized spacial score (nSPS) is 12.9. The standard InChI is InChI=1S/C14H20N2O/c1-4-15-10-11(2)16-9-8-12-13(16)6-5-7-14(12)17-3/h5-9,11,15H,4,10H2,1-3H3. The largest absolute Gasteiger partial charge is 0.496 e. The highest BCUT2D eigenvalue weighted by atomic mass is 16.5. The van der Waals surface area contributed by atoms with E-state index >= 15 is 0 Å². The number of benzene rings is 1. The lowest BCUT2D eigenvalue weighted by atomic mass is 10.2. The molecule has 17 heavy (non-hydrogen) atoms. The Morgan fingerprint density at radius 2 is 2.18 bits per heavy atom. The van der Waals surface area contributed by atoms with Crippen molar-refractivity contribution in [1.82, 2.24) is 9.88 Å². The van der Waals surface area contributed by atoms with E-state index in [9.17, 15) is 0 Å². The minimum atomic E-state index is 0.444. The summed E-state index contributed by atoms with van der Waals surface area (Å²) in [5.41, 5.74) is 1.23. The Bertz CT molecular complexity index is 490. The average Bonchev–Trinajstić information content (AvgIpc) is 2.79. The van der Waals surface area contributed by atoms with Gasteiger partial charge in [0.2, 0.25) is 0 Å². The smallest absolute Gasteiger partial charge is 0.128 e. The van der Waals surface area contributed by atoms with Crippen LogP contribution in [0.1, 0.15) is 19.9 Å². The highest BCUT2D eigenvalue weighted by molar-refractivity contribution is 5.86. The maximum Gasteiger partial charge on any atom is 0.128 e. The molecule has 0 aliphatic rings. The predicted octanol–water partition coefficient (Wildman–Crippen LogP) is 2.82. The molecule has 0 aliphatic heterocycles. The third-order valence-corrected chi connectivity index (χ3v) is 3.11. The molecule has 1 heterocycles. The molecule has 3 nitrogen and oxygen atoms in total. The van der Waals surface area contributed by atoms with Crippen molar-refractivity contribution in [2.24, 2.45) is 0 Å². The van der Waals surface area contributed by atoms with Gasteiger partial charge in [0.25, 0.3) is 0 Å². The van der Waals surface area contributed by atoms with Gasteiger partial charge in [-0.15, -0.1) is 0 Å². The van der Waals surface area contributed by atoms with Gasteiger partial charge in [-0.25, -0.2) is 0 Å². The summed E-state index contributed by atoms with van der Waals surface area (Å²) in [5, 5.41) is 4.56. The van der Waals surface area contributed by atoms with E-state index in [-0.39, 0.29) is 0 Å². The molecule has 0 spiro atoms. The van der Waals surface area contributed by atoms with E-state index in [1.807, 2.05) is 12.1 Å². The molecule has 1 aromatic carbocycles. The Labute approximate surface area is 102 Å². The van der Waals surface area contributed by atoms with Crippen LogP contribution in [0.4, 0.5) is 0 Å². The van der Waals surface area contributed by atoms with Gasteiger partial charge in [-0.2, -0.15) is 0 Å². The van der Waals surface area contributed by atoms with Crippen molar-refractivity contribution in [2.75, 3.05) is 20.2 Å². The molecule has 92 valence electrons. The van der Waals surface area contributed by atoms with Crippen LogP contribution in [0.3, 0.4) is 0 Å². The number of methoxy groups -OCH3 is 1. The summed E-state index contributed by atoms with van der Waals surface area (Å²) in [7, 11) is 1.72. The highest BCUT2D eigenvalue weighted by Gasteiger charge is 2.09. The minimum Gasteiger partial charge on any atom is -0.496 e. The van der Waals surface area contributed by atoms with Gasteiger partial charge >= 0.3 is 0 Å². The van der Waals surface area contributed by atoms with E-state index in [0.717, 1.165) is 18.8 Å². The fourth-order valence-corrected chi connectivity index (χ4v) is 2.17. The fraction of sp³-hybridized carbons (Fsp3) is 0.429. The van der Waals surface area contributed by atoms with Gasteiger partial charge in [-0.05, 0) is 31.7 Å². The first-order valence-corrected chi connectivity index (χ1v) is 6.12. The zero-order valence-electron chi connectivity index (χ0n) is 10.7. The Morgan fingerprint density at radius 3 is 2.88 bits per heavy atom. The van der Waals surface area contributed by atoms with E-state index < -0.39 is 0 Å². The average molecular weight is 232 g/mol. The SMILES string of the molecule is CCNCC(C)n1ccc2c(OC)cccc21. The van der Waals surface area contributed by atoms with E-state index in [1.165, 1.54) is 10.9 Å². The molecule has 1 unspecified atom stereocenters. The summed E-state index contributed by atoms with van der Waals surface area (Å²) < 4.78 is 7.66. The Morgan fingerprint density at radius 1 is 1.35 bits per heavy atom. The Balaban J connectivity index is 2.36. The molecule has 1 N–H and O–H groups in total. The number of aromatic nitrogens is 1. The molecule has 0 aliphatic carbocycles. The summed E-state index contributed by atoms with van der Waals surface area (Å²) >= 11 is 0. The molecule has 1 atom stereocenters. The zero-order valence-corrected chi connectivity index (χ0v) is 10.7. The lowest BCUT2D eigenvalue weighted by Crippen LogP contribution is -2.22. The number of hydrogen-bond donors (Lipinski definition) is 1. The van der Waals surface area contributed by atoms with Gasteiger partial charge in [0.05, 0.1) is 12.6 Å². The summed E-state index contributed by atoms with van der Waals surface area (Å²) in [6.07, 6.45) is 2.13. The first-order valence-electron chi connectivity index (χ1n) is 6.12. The van der Waals surface area contributed by atoms with Crippen molar-refractivity contribution >= 4 is 10.9 Å². The van der Waals surface area contributed by atoms with Gasteiger partial charge < -0.3 is 14.6 Å². The zero-order chi connectivity index (χ0) is 12.3. The van der Waals surface area contributed by atoms with Crippen LogP contribution in [0.25, 0.3) is 10.9 Å². The number of hydrogen-bond acceptors (Lipinski definition) is 2. The number of rotatable bonds is 5. The summed E-state index contributed by atoms with van der Waals surface area (Å²) in [4.78, 5) is 0. The third-order valence-electron chi connectivity index (χ3n) is 3.11. The lowest BCUT2D eigenvalue weighted by Gasteiger charge is -2.15. The number of fused-ring (bicyclic) bond motifs is 1. The molecule has 0 fully saturated rings. The second kappa shape index (κ2) is 5.23.